The molecule has 76 valence electrons. The maximum Gasteiger partial charge on any atom is 0.0833 e. The summed E-state index contributed by atoms with van der Waals surface area (Å²) in [6.07, 6.45) is 8.53. The van der Waals surface area contributed by atoms with E-state index in [0.717, 1.165) is 31.8 Å². The Bertz CT molecular complexity index is 154. The molecule has 2 fully saturated rings. The van der Waals surface area contributed by atoms with E-state index in [-0.39, 0.29) is 12.2 Å². The van der Waals surface area contributed by atoms with Crippen LogP contribution in [0.4, 0.5) is 0 Å². The Morgan fingerprint density at radius 2 is 1.85 bits per heavy atom. The first-order valence-corrected chi connectivity index (χ1v) is 5.66. The van der Waals surface area contributed by atoms with Crippen LogP contribution in [0, 0.1) is 5.92 Å². The average Bonchev–Trinajstić information content (AvgIpc) is 2.42. The van der Waals surface area contributed by atoms with Crippen molar-refractivity contribution in [1.82, 2.24) is 0 Å². The zero-order valence-corrected chi connectivity index (χ0v) is 8.24. The van der Waals surface area contributed by atoms with Gasteiger partial charge in [0.25, 0.3) is 0 Å². The van der Waals surface area contributed by atoms with E-state index in [4.69, 9.17) is 4.74 Å². The molecule has 2 unspecified atom stereocenters. The molecular formula is C11H20O2. The summed E-state index contributed by atoms with van der Waals surface area (Å²) >= 11 is 0. The van der Waals surface area contributed by atoms with E-state index in [9.17, 15) is 5.11 Å². The molecule has 2 nitrogen and oxygen atoms in total. The van der Waals surface area contributed by atoms with Crippen LogP contribution in [0.15, 0.2) is 0 Å². The van der Waals surface area contributed by atoms with E-state index in [0.29, 0.717) is 0 Å². The zero-order valence-electron chi connectivity index (χ0n) is 8.24. The van der Waals surface area contributed by atoms with Crippen molar-refractivity contribution in [2.75, 3.05) is 6.61 Å². The number of rotatable bonds is 4. The summed E-state index contributed by atoms with van der Waals surface area (Å²) in [6, 6.07) is 0. The van der Waals surface area contributed by atoms with Crippen molar-refractivity contribution in [1.29, 1.82) is 0 Å². The summed E-state index contributed by atoms with van der Waals surface area (Å²) in [5.74, 6) is 0.929. The van der Waals surface area contributed by atoms with Gasteiger partial charge in [0.2, 0.25) is 0 Å². The van der Waals surface area contributed by atoms with Gasteiger partial charge in [-0.05, 0) is 31.6 Å². The van der Waals surface area contributed by atoms with E-state index in [2.05, 4.69) is 0 Å². The summed E-state index contributed by atoms with van der Waals surface area (Å²) < 4.78 is 5.67. The molecular weight excluding hydrogens is 164 g/mol. The van der Waals surface area contributed by atoms with Crippen LogP contribution in [0.3, 0.4) is 0 Å². The Morgan fingerprint density at radius 1 is 1.08 bits per heavy atom. The topological polar surface area (TPSA) is 29.5 Å². The number of aliphatic hydroxyl groups excluding tert-OH is 1. The molecule has 0 amide bonds. The standard InChI is InChI=1S/C11H20O2/c12-10-5-2-6-11(10)13-8-7-9-3-1-4-9/h9-12H,1-8H2. The van der Waals surface area contributed by atoms with Crippen molar-refractivity contribution < 1.29 is 9.84 Å². The summed E-state index contributed by atoms with van der Waals surface area (Å²) in [4.78, 5) is 0. The summed E-state index contributed by atoms with van der Waals surface area (Å²) in [5, 5.41) is 9.50. The van der Waals surface area contributed by atoms with Gasteiger partial charge in [-0.25, -0.2) is 0 Å². The Hall–Kier alpha value is -0.0800. The quantitative estimate of drug-likeness (QED) is 0.725. The predicted octanol–water partition coefficient (Wildman–Crippen LogP) is 2.11. The smallest absolute Gasteiger partial charge is 0.0833 e. The lowest BCUT2D eigenvalue weighted by Gasteiger charge is -2.26. The molecule has 0 aromatic carbocycles. The van der Waals surface area contributed by atoms with Gasteiger partial charge in [-0.3, -0.25) is 0 Å². The third kappa shape index (κ3) is 2.44. The maximum absolute atomic E-state index is 9.50. The first-order valence-electron chi connectivity index (χ1n) is 5.66. The molecule has 0 spiro atoms. The highest BCUT2D eigenvalue weighted by molar-refractivity contribution is 4.77. The van der Waals surface area contributed by atoms with Crippen molar-refractivity contribution in [3.63, 3.8) is 0 Å². The lowest BCUT2D eigenvalue weighted by molar-refractivity contribution is -0.0256. The Morgan fingerprint density at radius 3 is 2.38 bits per heavy atom. The summed E-state index contributed by atoms with van der Waals surface area (Å²) in [5.41, 5.74) is 0. The van der Waals surface area contributed by atoms with Crippen LogP contribution in [-0.2, 0) is 4.74 Å². The Labute approximate surface area is 80.3 Å². The summed E-state index contributed by atoms with van der Waals surface area (Å²) in [6.45, 7) is 0.867. The van der Waals surface area contributed by atoms with Crippen LogP contribution in [-0.4, -0.2) is 23.9 Å². The van der Waals surface area contributed by atoms with Gasteiger partial charge < -0.3 is 9.84 Å². The molecule has 1 N–H and O–H groups in total. The molecule has 0 aromatic rings. The molecule has 0 radical (unpaired) electrons. The van der Waals surface area contributed by atoms with E-state index >= 15 is 0 Å². The minimum absolute atomic E-state index is 0.153. The highest BCUT2D eigenvalue weighted by Gasteiger charge is 2.26. The van der Waals surface area contributed by atoms with Crippen molar-refractivity contribution in [2.24, 2.45) is 5.92 Å². The fraction of sp³-hybridized carbons (Fsp3) is 1.00. The molecule has 2 saturated carbocycles. The van der Waals surface area contributed by atoms with Gasteiger partial charge in [-0.2, -0.15) is 0 Å². The van der Waals surface area contributed by atoms with Crippen LogP contribution in [0.25, 0.3) is 0 Å². The predicted molar refractivity (Wildman–Crippen MR) is 51.6 cm³/mol. The molecule has 0 heterocycles. The molecule has 0 saturated heterocycles. The minimum atomic E-state index is -0.179. The minimum Gasteiger partial charge on any atom is -0.390 e. The molecule has 2 rings (SSSR count). The van der Waals surface area contributed by atoms with Crippen LogP contribution >= 0.6 is 0 Å². The molecule has 13 heavy (non-hydrogen) atoms. The molecule has 2 aliphatic carbocycles. The van der Waals surface area contributed by atoms with Crippen molar-refractivity contribution >= 4 is 0 Å². The highest BCUT2D eigenvalue weighted by Crippen LogP contribution is 2.30. The number of hydrogen-bond acceptors (Lipinski definition) is 2. The third-order valence-electron chi connectivity index (χ3n) is 3.50. The molecule has 2 aliphatic rings. The average molecular weight is 184 g/mol. The van der Waals surface area contributed by atoms with Gasteiger partial charge in [0, 0.05) is 6.61 Å². The highest BCUT2D eigenvalue weighted by atomic mass is 16.5. The largest absolute Gasteiger partial charge is 0.390 e. The second kappa shape index (κ2) is 4.43. The first-order chi connectivity index (χ1) is 6.36. The second-order valence-corrected chi connectivity index (χ2v) is 4.49. The monoisotopic (exact) mass is 184 g/mol. The van der Waals surface area contributed by atoms with Crippen LogP contribution in [0.5, 0.6) is 0 Å². The zero-order chi connectivity index (χ0) is 9.10. The van der Waals surface area contributed by atoms with E-state index in [1.165, 1.54) is 25.7 Å². The van der Waals surface area contributed by atoms with Gasteiger partial charge in [0.05, 0.1) is 12.2 Å². The fourth-order valence-corrected chi connectivity index (χ4v) is 2.27. The van der Waals surface area contributed by atoms with Crippen LogP contribution in [0.2, 0.25) is 0 Å². The summed E-state index contributed by atoms with van der Waals surface area (Å²) in [7, 11) is 0. The molecule has 0 aromatic heterocycles. The third-order valence-corrected chi connectivity index (χ3v) is 3.50. The normalized spacial score (nSPS) is 34.8. The molecule has 2 atom stereocenters. The SMILES string of the molecule is OC1CCCC1OCCC1CCC1. The maximum atomic E-state index is 9.50. The van der Waals surface area contributed by atoms with Gasteiger partial charge in [-0.15, -0.1) is 0 Å². The molecule has 0 aliphatic heterocycles. The molecule has 2 heteroatoms. The Kier molecular flexibility index (Phi) is 3.23. The van der Waals surface area contributed by atoms with Crippen molar-refractivity contribution in [3.05, 3.63) is 0 Å². The Balaban J connectivity index is 1.56. The molecule has 0 bridgehead atoms. The number of aliphatic hydroxyl groups is 1. The van der Waals surface area contributed by atoms with Gasteiger partial charge in [-0.1, -0.05) is 19.3 Å². The van der Waals surface area contributed by atoms with E-state index in [1.54, 1.807) is 0 Å². The lowest BCUT2D eigenvalue weighted by atomic mass is 9.83. The number of hydrogen-bond donors (Lipinski definition) is 1. The fourth-order valence-electron chi connectivity index (χ4n) is 2.27. The van der Waals surface area contributed by atoms with Crippen LogP contribution in [0.1, 0.15) is 44.9 Å². The van der Waals surface area contributed by atoms with Gasteiger partial charge >= 0.3 is 0 Å². The van der Waals surface area contributed by atoms with E-state index in [1.807, 2.05) is 0 Å². The van der Waals surface area contributed by atoms with Crippen molar-refractivity contribution in [2.45, 2.75) is 57.2 Å². The number of ether oxygens (including phenoxy) is 1. The second-order valence-electron chi connectivity index (χ2n) is 4.49. The van der Waals surface area contributed by atoms with E-state index < -0.39 is 0 Å². The van der Waals surface area contributed by atoms with Crippen molar-refractivity contribution in [3.8, 4) is 0 Å². The lowest BCUT2D eigenvalue weighted by Crippen LogP contribution is -2.24. The first kappa shape index (κ1) is 9.47. The van der Waals surface area contributed by atoms with Crippen LogP contribution < -0.4 is 0 Å². The van der Waals surface area contributed by atoms with Gasteiger partial charge in [0.1, 0.15) is 0 Å². The van der Waals surface area contributed by atoms with Gasteiger partial charge in [0.15, 0.2) is 0 Å².